The Morgan fingerprint density at radius 3 is 2.82 bits per heavy atom. The zero-order chi connectivity index (χ0) is 12.1. The molecule has 0 aliphatic carbocycles. The van der Waals surface area contributed by atoms with Crippen LogP contribution in [0.2, 0.25) is 0 Å². The lowest BCUT2D eigenvalue weighted by Gasteiger charge is -2.05. The van der Waals surface area contributed by atoms with Crippen molar-refractivity contribution in [2.75, 3.05) is 6.54 Å². The number of hydrogen-bond acceptors (Lipinski definition) is 3. The molecular weight excluding hydrogens is 278 g/mol. The van der Waals surface area contributed by atoms with E-state index in [-0.39, 0.29) is 0 Å². The van der Waals surface area contributed by atoms with Crippen LogP contribution in [0.15, 0.2) is 41.0 Å². The Morgan fingerprint density at radius 1 is 1.24 bits per heavy atom. The van der Waals surface area contributed by atoms with Crippen molar-refractivity contribution in [2.24, 2.45) is 0 Å². The van der Waals surface area contributed by atoms with Gasteiger partial charge in [-0.05, 0) is 18.7 Å². The molecule has 0 saturated heterocycles. The van der Waals surface area contributed by atoms with Gasteiger partial charge < -0.3 is 5.32 Å². The van der Waals surface area contributed by atoms with Crippen LogP contribution in [0.5, 0.6) is 0 Å². The SMILES string of the molecule is CCNCc1ccnc(-c2ccccc2Br)n1. The maximum atomic E-state index is 4.54. The number of nitrogens with zero attached hydrogens (tertiary/aromatic N) is 2. The first-order valence-electron chi connectivity index (χ1n) is 5.59. The second-order valence-corrected chi connectivity index (χ2v) is 4.49. The molecule has 1 heterocycles. The Labute approximate surface area is 109 Å². The largest absolute Gasteiger partial charge is 0.311 e. The number of hydrogen-bond donors (Lipinski definition) is 1. The van der Waals surface area contributed by atoms with Gasteiger partial charge in [0.05, 0.1) is 5.69 Å². The Kier molecular flexibility index (Phi) is 4.23. The van der Waals surface area contributed by atoms with Gasteiger partial charge in [0.15, 0.2) is 5.82 Å². The van der Waals surface area contributed by atoms with Gasteiger partial charge in [-0.1, -0.05) is 41.1 Å². The van der Waals surface area contributed by atoms with Crippen LogP contribution in [-0.2, 0) is 6.54 Å². The first kappa shape index (κ1) is 12.2. The normalized spacial score (nSPS) is 10.5. The number of halogens is 1. The molecule has 0 aliphatic rings. The highest BCUT2D eigenvalue weighted by Gasteiger charge is 2.05. The van der Waals surface area contributed by atoms with Gasteiger partial charge in [-0.3, -0.25) is 0 Å². The van der Waals surface area contributed by atoms with Crippen LogP contribution in [-0.4, -0.2) is 16.5 Å². The van der Waals surface area contributed by atoms with Crippen molar-refractivity contribution >= 4 is 15.9 Å². The van der Waals surface area contributed by atoms with Gasteiger partial charge >= 0.3 is 0 Å². The van der Waals surface area contributed by atoms with Gasteiger partial charge in [-0.25, -0.2) is 9.97 Å². The summed E-state index contributed by atoms with van der Waals surface area (Å²) in [6.45, 7) is 3.79. The molecule has 88 valence electrons. The quantitative estimate of drug-likeness (QED) is 0.941. The lowest BCUT2D eigenvalue weighted by molar-refractivity contribution is 0.709. The average Bonchev–Trinajstić information content (AvgIpc) is 2.37. The predicted octanol–water partition coefficient (Wildman–Crippen LogP) is 3.02. The van der Waals surface area contributed by atoms with Gasteiger partial charge in [0.2, 0.25) is 0 Å². The zero-order valence-corrected chi connectivity index (χ0v) is 11.2. The third-order valence-corrected chi connectivity index (χ3v) is 3.08. The van der Waals surface area contributed by atoms with Crippen LogP contribution >= 0.6 is 15.9 Å². The van der Waals surface area contributed by atoms with E-state index in [0.717, 1.165) is 34.6 Å². The monoisotopic (exact) mass is 291 g/mol. The molecule has 1 aromatic heterocycles. The molecule has 0 radical (unpaired) electrons. The van der Waals surface area contributed by atoms with E-state index in [9.17, 15) is 0 Å². The number of rotatable bonds is 4. The van der Waals surface area contributed by atoms with E-state index in [1.54, 1.807) is 6.20 Å². The second-order valence-electron chi connectivity index (χ2n) is 3.63. The highest BCUT2D eigenvalue weighted by molar-refractivity contribution is 9.10. The summed E-state index contributed by atoms with van der Waals surface area (Å²) in [5.74, 6) is 0.757. The summed E-state index contributed by atoms with van der Waals surface area (Å²) < 4.78 is 1.01. The van der Waals surface area contributed by atoms with E-state index in [1.165, 1.54) is 0 Å². The molecule has 0 aliphatic heterocycles. The molecule has 0 unspecified atom stereocenters. The second kappa shape index (κ2) is 5.89. The maximum Gasteiger partial charge on any atom is 0.160 e. The van der Waals surface area contributed by atoms with Gasteiger partial charge in [-0.15, -0.1) is 0 Å². The molecule has 0 bridgehead atoms. The standard InChI is InChI=1S/C13H14BrN3/c1-2-15-9-10-7-8-16-13(17-10)11-5-3-4-6-12(11)14/h3-8,15H,2,9H2,1H3. The molecule has 0 fully saturated rings. The van der Waals surface area contributed by atoms with Crippen LogP contribution < -0.4 is 5.32 Å². The molecule has 0 saturated carbocycles. The first-order chi connectivity index (χ1) is 8.31. The molecule has 17 heavy (non-hydrogen) atoms. The fourth-order valence-corrected chi connectivity index (χ4v) is 1.98. The number of nitrogens with one attached hydrogen (secondary N) is 1. The van der Waals surface area contributed by atoms with Crippen LogP contribution in [0, 0.1) is 0 Å². The van der Waals surface area contributed by atoms with Crippen molar-refractivity contribution in [1.29, 1.82) is 0 Å². The molecular formula is C13H14BrN3. The number of aromatic nitrogens is 2. The third kappa shape index (κ3) is 3.11. The van der Waals surface area contributed by atoms with Crippen LogP contribution in [0.1, 0.15) is 12.6 Å². The maximum absolute atomic E-state index is 4.54. The Balaban J connectivity index is 2.30. The molecule has 4 heteroatoms. The summed E-state index contributed by atoms with van der Waals surface area (Å²) in [5.41, 5.74) is 2.03. The summed E-state index contributed by atoms with van der Waals surface area (Å²) in [7, 11) is 0. The van der Waals surface area contributed by atoms with Gasteiger partial charge in [-0.2, -0.15) is 0 Å². The van der Waals surface area contributed by atoms with Gasteiger partial charge in [0.1, 0.15) is 0 Å². The van der Waals surface area contributed by atoms with Crippen molar-refractivity contribution in [3.8, 4) is 11.4 Å². The summed E-state index contributed by atoms with van der Waals surface area (Å²) in [6.07, 6.45) is 1.80. The van der Waals surface area contributed by atoms with Crippen LogP contribution in [0.25, 0.3) is 11.4 Å². The lowest BCUT2D eigenvalue weighted by atomic mass is 10.2. The van der Waals surface area contributed by atoms with Gasteiger partial charge in [0.25, 0.3) is 0 Å². The Morgan fingerprint density at radius 2 is 2.06 bits per heavy atom. The minimum Gasteiger partial charge on any atom is -0.311 e. The van der Waals surface area contributed by atoms with E-state index in [1.807, 2.05) is 30.3 Å². The molecule has 0 atom stereocenters. The molecule has 3 nitrogen and oxygen atoms in total. The fourth-order valence-electron chi connectivity index (χ4n) is 1.52. The summed E-state index contributed by atoms with van der Waals surface area (Å²) >= 11 is 3.51. The molecule has 1 aromatic carbocycles. The minimum atomic E-state index is 0.757. The van der Waals surface area contributed by atoms with Crippen LogP contribution in [0.4, 0.5) is 0 Å². The van der Waals surface area contributed by atoms with Crippen molar-refractivity contribution in [2.45, 2.75) is 13.5 Å². The molecule has 2 rings (SSSR count). The molecule has 0 spiro atoms. The minimum absolute atomic E-state index is 0.757. The Bertz CT molecular complexity index is 500. The summed E-state index contributed by atoms with van der Waals surface area (Å²) in [4.78, 5) is 8.85. The average molecular weight is 292 g/mol. The predicted molar refractivity (Wildman–Crippen MR) is 72.5 cm³/mol. The van der Waals surface area contributed by atoms with Gasteiger partial charge in [0, 0.05) is 22.8 Å². The fraction of sp³-hybridized carbons (Fsp3) is 0.231. The van der Waals surface area contributed by atoms with Crippen molar-refractivity contribution in [3.63, 3.8) is 0 Å². The topological polar surface area (TPSA) is 37.8 Å². The number of benzene rings is 1. The highest BCUT2D eigenvalue weighted by atomic mass is 79.9. The molecule has 2 aromatic rings. The Hall–Kier alpha value is -1.26. The van der Waals surface area contributed by atoms with E-state index in [4.69, 9.17) is 0 Å². The third-order valence-electron chi connectivity index (χ3n) is 2.38. The van der Waals surface area contributed by atoms with Crippen molar-refractivity contribution in [3.05, 3.63) is 46.7 Å². The van der Waals surface area contributed by atoms with E-state index >= 15 is 0 Å². The molecule has 1 N–H and O–H groups in total. The van der Waals surface area contributed by atoms with E-state index in [0.29, 0.717) is 0 Å². The zero-order valence-electron chi connectivity index (χ0n) is 9.65. The first-order valence-corrected chi connectivity index (χ1v) is 6.38. The van der Waals surface area contributed by atoms with Crippen molar-refractivity contribution in [1.82, 2.24) is 15.3 Å². The summed E-state index contributed by atoms with van der Waals surface area (Å²) in [5, 5.41) is 3.26. The highest BCUT2D eigenvalue weighted by Crippen LogP contribution is 2.24. The smallest absolute Gasteiger partial charge is 0.160 e. The van der Waals surface area contributed by atoms with Crippen molar-refractivity contribution < 1.29 is 0 Å². The molecule has 0 amide bonds. The van der Waals surface area contributed by atoms with E-state index in [2.05, 4.69) is 38.1 Å². The van der Waals surface area contributed by atoms with E-state index < -0.39 is 0 Å². The van der Waals surface area contributed by atoms with Crippen LogP contribution in [0.3, 0.4) is 0 Å². The summed E-state index contributed by atoms with van der Waals surface area (Å²) in [6, 6.07) is 9.91. The lowest BCUT2D eigenvalue weighted by Crippen LogP contribution is -2.13.